The number of fused-ring (bicyclic) bond motifs is 1. The molecule has 2 heterocycles. The molecule has 5 rings (SSSR count). The van der Waals surface area contributed by atoms with E-state index >= 15 is 0 Å². The number of piperidine rings is 1. The highest BCUT2D eigenvalue weighted by molar-refractivity contribution is 7.89. The second kappa shape index (κ2) is 12.8. The van der Waals surface area contributed by atoms with E-state index in [2.05, 4.69) is 5.32 Å². The van der Waals surface area contributed by atoms with Crippen LogP contribution in [0.4, 0.5) is 5.69 Å². The molecule has 0 aliphatic carbocycles. The van der Waals surface area contributed by atoms with E-state index in [9.17, 15) is 18.0 Å². The third kappa shape index (κ3) is 6.22. The van der Waals surface area contributed by atoms with Gasteiger partial charge in [0.2, 0.25) is 15.9 Å². The first-order valence-corrected chi connectivity index (χ1v) is 15.4. The number of hydrogen-bond donors (Lipinski definition) is 1. The number of carbonyl (C=O) groups excluding carboxylic acids is 2. The van der Waals surface area contributed by atoms with Crippen LogP contribution in [0.15, 0.2) is 77.7 Å². The summed E-state index contributed by atoms with van der Waals surface area (Å²) in [6.45, 7) is 0.797. The number of ether oxygens (including phenoxy) is 3. The average Bonchev–Trinajstić information content (AvgIpc) is 3.04. The van der Waals surface area contributed by atoms with Gasteiger partial charge < -0.3 is 24.4 Å². The largest absolute Gasteiger partial charge is 0.493 e. The van der Waals surface area contributed by atoms with Crippen molar-refractivity contribution in [3.8, 4) is 17.2 Å². The Kier molecular flexibility index (Phi) is 8.98. The highest BCUT2D eigenvalue weighted by Crippen LogP contribution is 2.36. The standard InChI is InChI=1S/C31H35N3O7S/c1-39-27-15-14-24(19-28(27)40-2)42(37,38)33-18-8-11-23(20-33)31(36)34-21-29(41-26-13-7-6-12-25(26)34)30(35)32-17-16-22-9-4-3-5-10-22/h3-7,9-10,12-15,19,23,29H,8,11,16-18,20-21H2,1-2H3,(H,32,35)/t23-,29-/m0/s1. The molecule has 0 bridgehead atoms. The summed E-state index contributed by atoms with van der Waals surface area (Å²) >= 11 is 0. The number of amides is 2. The fourth-order valence-electron chi connectivity index (χ4n) is 5.38. The van der Waals surface area contributed by atoms with Crippen molar-refractivity contribution in [2.45, 2.75) is 30.3 Å². The van der Waals surface area contributed by atoms with Crippen LogP contribution in [-0.2, 0) is 26.0 Å². The molecule has 1 fully saturated rings. The van der Waals surface area contributed by atoms with Crippen LogP contribution in [0.5, 0.6) is 17.2 Å². The van der Waals surface area contributed by atoms with E-state index in [1.807, 2.05) is 30.3 Å². The number of benzene rings is 3. The van der Waals surface area contributed by atoms with Gasteiger partial charge in [0.1, 0.15) is 5.75 Å². The highest BCUT2D eigenvalue weighted by atomic mass is 32.2. The van der Waals surface area contributed by atoms with Gasteiger partial charge >= 0.3 is 0 Å². The Morgan fingerprint density at radius 3 is 2.45 bits per heavy atom. The van der Waals surface area contributed by atoms with Crippen LogP contribution in [0.25, 0.3) is 0 Å². The summed E-state index contributed by atoms with van der Waals surface area (Å²) in [7, 11) is -0.969. The number of sulfonamides is 1. The molecule has 2 aliphatic heterocycles. The van der Waals surface area contributed by atoms with Gasteiger partial charge in [-0.1, -0.05) is 42.5 Å². The van der Waals surface area contributed by atoms with Crippen LogP contribution in [0.2, 0.25) is 0 Å². The maximum Gasteiger partial charge on any atom is 0.262 e. The Labute approximate surface area is 246 Å². The minimum absolute atomic E-state index is 0.0307. The van der Waals surface area contributed by atoms with E-state index in [1.54, 1.807) is 35.2 Å². The lowest BCUT2D eigenvalue weighted by atomic mass is 9.97. The molecule has 11 heteroatoms. The normalized spacial score (nSPS) is 18.9. The SMILES string of the molecule is COc1ccc(S(=O)(=O)N2CCC[C@H](C(=O)N3C[C@@H](C(=O)NCCc4ccccc4)Oc4ccccc43)C2)cc1OC. The summed E-state index contributed by atoms with van der Waals surface area (Å²) in [6.07, 6.45) is 0.836. The molecular weight excluding hydrogens is 558 g/mol. The Bertz CT molecular complexity index is 1530. The fourth-order valence-corrected chi connectivity index (χ4v) is 6.92. The molecule has 0 radical (unpaired) electrons. The quantitative estimate of drug-likeness (QED) is 0.405. The smallest absolute Gasteiger partial charge is 0.262 e. The van der Waals surface area contributed by atoms with Gasteiger partial charge in [0.25, 0.3) is 5.91 Å². The Morgan fingerprint density at radius 2 is 1.69 bits per heavy atom. The monoisotopic (exact) mass is 593 g/mol. The summed E-state index contributed by atoms with van der Waals surface area (Å²) in [5, 5.41) is 2.92. The van der Waals surface area contributed by atoms with E-state index in [1.165, 1.54) is 30.7 Å². The highest BCUT2D eigenvalue weighted by Gasteiger charge is 2.40. The zero-order valence-corrected chi connectivity index (χ0v) is 24.5. The maximum atomic E-state index is 14.0. The molecule has 10 nitrogen and oxygen atoms in total. The molecule has 0 unspecified atom stereocenters. The lowest BCUT2D eigenvalue weighted by Gasteiger charge is -2.38. The summed E-state index contributed by atoms with van der Waals surface area (Å²) in [6, 6.07) is 21.4. The van der Waals surface area contributed by atoms with E-state index in [0.717, 1.165) is 5.56 Å². The number of methoxy groups -OCH3 is 2. The molecule has 222 valence electrons. The predicted molar refractivity (Wildman–Crippen MR) is 157 cm³/mol. The second-order valence-corrected chi connectivity index (χ2v) is 12.2. The van der Waals surface area contributed by atoms with Crippen molar-refractivity contribution in [2.24, 2.45) is 5.92 Å². The molecule has 2 aliphatic rings. The zero-order valence-electron chi connectivity index (χ0n) is 23.7. The molecular formula is C31H35N3O7S. The van der Waals surface area contributed by atoms with Crippen LogP contribution in [0, 0.1) is 5.92 Å². The molecule has 2 atom stereocenters. The molecule has 3 aromatic carbocycles. The molecule has 1 N–H and O–H groups in total. The van der Waals surface area contributed by atoms with Crippen molar-refractivity contribution in [3.63, 3.8) is 0 Å². The van der Waals surface area contributed by atoms with E-state index in [0.29, 0.717) is 55.3 Å². The number of nitrogens with one attached hydrogen (secondary N) is 1. The maximum absolute atomic E-state index is 14.0. The van der Waals surface area contributed by atoms with E-state index in [-0.39, 0.29) is 29.8 Å². The van der Waals surface area contributed by atoms with Crippen LogP contribution in [0.3, 0.4) is 0 Å². The Morgan fingerprint density at radius 1 is 0.952 bits per heavy atom. The van der Waals surface area contributed by atoms with E-state index in [4.69, 9.17) is 14.2 Å². The number of anilines is 1. The van der Waals surface area contributed by atoms with Crippen LogP contribution in [0.1, 0.15) is 18.4 Å². The number of rotatable bonds is 9. The first-order chi connectivity index (χ1) is 20.3. The predicted octanol–water partition coefficient (Wildman–Crippen LogP) is 3.26. The number of carbonyl (C=O) groups is 2. The third-order valence-electron chi connectivity index (χ3n) is 7.61. The van der Waals surface area contributed by atoms with E-state index < -0.39 is 22.0 Å². The van der Waals surface area contributed by atoms with Crippen molar-refractivity contribution < 1.29 is 32.2 Å². The lowest BCUT2D eigenvalue weighted by Crippen LogP contribution is -2.54. The number of para-hydroxylation sites is 2. The molecule has 42 heavy (non-hydrogen) atoms. The number of hydrogen-bond acceptors (Lipinski definition) is 7. The van der Waals surface area contributed by atoms with Gasteiger partial charge in [0.15, 0.2) is 17.6 Å². The summed E-state index contributed by atoms with van der Waals surface area (Å²) in [5.41, 5.74) is 1.67. The van der Waals surface area contributed by atoms with Gasteiger partial charge in [0, 0.05) is 25.7 Å². The minimum atomic E-state index is -3.90. The van der Waals surface area contributed by atoms with Crippen molar-refractivity contribution in [2.75, 3.05) is 45.3 Å². The van der Waals surface area contributed by atoms with Gasteiger partial charge in [-0.3, -0.25) is 9.59 Å². The van der Waals surface area contributed by atoms with Crippen LogP contribution in [-0.4, -0.2) is 71.0 Å². The molecule has 0 spiro atoms. The Balaban J connectivity index is 1.30. The van der Waals surface area contributed by atoms with Crippen molar-refractivity contribution in [1.82, 2.24) is 9.62 Å². The van der Waals surface area contributed by atoms with Gasteiger partial charge in [-0.15, -0.1) is 0 Å². The molecule has 3 aromatic rings. The van der Waals surface area contributed by atoms with Crippen molar-refractivity contribution in [1.29, 1.82) is 0 Å². The minimum Gasteiger partial charge on any atom is -0.493 e. The second-order valence-electron chi connectivity index (χ2n) is 10.3. The summed E-state index contributed by atoms with van der Waals surface area (Å²) in [4.78, 5) is 28.7. The molecule has 0 saturated carbocycles. The third-order valence-corrected chi connectivity index (χ3v) is 9.48. The fraction of sp³-hybridized carbons (Fsp3) is 0.355. The molecule has 0 aromatic heterocycles. The first kappa shape index (κ1) is 29.4. The first-order valence-electron chi connectivity index (χ1n) is 13.9. The average molecular weight is 594 g/mol. The van der Waals surface area contributed by atoms with Gasteiger partial charge in [-0.05, 0) is 49.1 Å². The van der Waals surface area contributed by atoms with Crippen LogP contribution >= 0.6 is 0 Å². The van der Waals surface area contributed by atoms with Crippen molar-refractivity contribution >= 4 is 27.5 Å². The van der Waals surface area contributed by atoms with Gasteiger partial charge in [-0.25, -0.2) is 8.42 Å². The molecule has 1 saturated heterocycles. The van der Waals surface area contributed by atoms with Crippen molar-refractivity contribution in [3.05, 3.63) is 78.4 Å². The Hall–Kier alpha value is -4.09. The van der Waals surface area contributed by atoms with Gasteiger partial charge in [-0.2, -0.15) is 4.31 Å². The topological polar surface area (TPSA) is 114 Å². The van der Waals surface area contributed by atoms with Gasteiger partial charge in [0.05, 0.1) is 37.3 Å². The summed E-state index contributed by atoms with van der Waals surface area (Å²) in [5.74, 6) is 0.0427. The zero-order chi connectivity index (χ0) is 29.7. The van der Waals surface area contributed by atoms with Crippen LogP contribution < -0.4 is 24.4 Å². The number of nitrogens with zero attached hydrogens (tertiary/aromatic N) is 2. The lowest BCUT2D eigenvalue weighted by molar-refractivity contribution is -0.129. The molecule has 2 amide bonds. The summed E-state index contributed by atoms with van der Waals surface area (Å²) < 4.78 is 45.0.